The van der Waals surface area contributed by atoms with E-state index in [1.54, 1.807) is 30.3 Å². The molecule has 0 spiro atoms. The summed E-state index contributed by atoms with van der Waals surface area (Å²) in [6.07, 6.45) is -3.28. The Bertz CT molecular complexity index is 1200. The maximum atomic E-state index is 13.4. The van der Waals surface area contributed by atoms with Gasteiger partial charge in [-0.1, -0.05) is 78.0 Å². The molecule has 0 aliphatic rings. The highest BCUT2D eigenvalue weighted by atomic mass is 35.5. The van der Waals surface area contributed by atoms with Gasteiger partial charge in [-0.15, -0.1) is 10.2 Å². The van der Waals surface area contributed by atoms with Gasteiger partial charge in [0, 0.05) is 16.3 Å². The molecule has 0 aliphatic carbocycles. The van der Waals surface area contributed by atoms with Gasteiger partial charge in [0.05, 0.1) is 6.21 Å². The molecular weight excluding hydrogens is 433 g/mol. The first-order valence-corrected chi connectivity index (χ1v) is 10.2. The molecular formula is C21H14ClF3N4S. The lowest BCUT2D eigenvalue weighted by Gasteiger charge is -2.07. The Morgan fingerprint density at radius 3 is 2.47 bits per heavy atom. The average Bonchev–Trinajstić information content (AvgIpc) is 3.15. The lowest BCUT2D eigenvalue weighted by atomic mass is 10.1. The van der Waals surface area contributed by atoms with E-state index in [1.165, 1.54) is 6.21 Å². The Morgan fingerprint density at radius 2 is 1.70 bits per heavy atom. The largest absolute Gasteiger partial charge is 0.453 e. The molecule has 0 radical (unpaired) electrons. The first-order chi connectivity index (χ1) is 14.4. The number of rotatable bonds is 5. The van der Waals surface area contributed by atoms with E-state index in [0.717, 1.165) is 32.8 Å². The quantitative estimate of drug-likeness (QED) is 0.268. The molecule has 3 aromatic carbocycles. The predicted molar refractivity (Wildman–Crippen MR) is 113 cm³/mol. The second-order valence-corrected chi connectivity index (χ2v) is 7.72. The van der Waals surface area contributed by atoms with Crippen LogP contribution in [0.1, 0.15) is 17.0 Å². The van der Waals surface area contributed by atoms with Crippen molar-refractivity contribution >= 4 is 40.3 Å². The van der Waals surface area contributed by atoms with E-state index in [0.29, 0.717) is 16.3 Å². The normalized spacial score (nSPS) is 12.1. The molecule has 4 nitrogen and oxygen atoms in total. The molecule has 4 rings (SSSR count). The Kier molecular flexibility index (Phi) is 5.78. The molecule has 0 fully saturated rings. The number of thioether (sulfide) groups is 1. The fraction of sp³-hybridized carbons (Fsp3) is 0.0952. The van der Waals surface area contributed by atoms with Gasteiger partial charge >= 0.3 is 6.18 Å². The van der Waals surface area contributed by atoms with Gasteiger partial charge in [0.25, 0.3) is 5.82 Å². The summed E-state index contributed by atoms with van der Waals surface area (Å²) in [7, 11) is 0. The van der Waals surface area contributed by atoms with E-state index in [-0.39, 0.29) is 5.16 Å². The van der Waals surface area contributed by atoms with E-state index >= 15 is 0 Å². The third kappa shape index (κ3) is 4.49. The van der Waals surface area contributed by atoms with Crippen LogP contribution in [-0.2, 0) is 11.9 Å². The molecule has 1 aromatic heterocycles. The molecule has 1 heterocycles. The summed E-state index contributed by atoms with van der Waals surface area (Å²) in [6.45, 7) is 0. The number of halogens is 4. The SMILES string of the molecule is FC(F)(F)c1nnc(SCc2ccc(Cl)cc2)n1/N=C/c1cccc2ccccc12. The zero-order valence-electron chi connectivity index (χ0n) is 15.3. The molecule has 0 amide bonds. The van der Waals surface area contributed by atoms with Crippen LogP contribution < -0.4 is 0 Å². The zero-order valence-corrected chi connectivity index (χ0v) is 16.9. The van der Waals surface area contributed by atoms with Gasteiger partial charge < -0.3 is 0 Å². The summed E-state index contributed by atoms with van der Waals surface area (Å²) >= 11 is 6.99. The van der Waals surface area contributed by atoms with Crippen LogP contribution in [0.25, 0.3) is 10.8 Å². The Balaban J connectivity index is 1.67. The highest BCUT2D eigenvalue weighted by Gasteiger charge is 2.39. The van der Waals surface area contributed by atoms with Crippen LogP contribution in [0, 0.1) is 0 Å². The molecule has 0 atom stereocenters. The van der Waals surface area contributed by atoms with Crippen LogP contribution >= 0.6 is 23.4 Å². The van der Waals surface area contributed by atoms with Crippen molar-refractivity contribution in [3.63, 3.8) is 0 Å². The molecule has 152 valence electrons. The lowest BCUT2D eigenvalue weighted by molar-refractivity contribution is -0.147. The van der Waals surface area contributed by atoms with Crippen LogP contribution in [0.4, 0.5) is 13.2 Å². The summed E-state index contributed by atoms with van der Waals surface area (Å²) in [6, 6.07) is 20.2. The molecule has 0 saturated heterocycles. The van der Waals surface area contributed by atoms with Crippen molar-refractivity contribution in [2.24, 2.45) is 5.10 Å². The van der Waals surface area contributed by atoms with Crippen LogP contribution in [0.3, 0.4) is 0 Å². The lowest BCUT2D eigenvalue weighted by Crippen LogP contribution is -2.13. The van der Waals surface area contributed by atoms with E-state index in [2.05, 4.69) is 15.3 Å². The molecule has 9 heteroatoms. The molecule has 0 N–H and O–H groups in total. The highest BCUT2D eigenvalue weighted by molar-refractivity contribution is 7.98. The summed E-state index contributed by atoms with van der Waals surface area (Å²) in [5, 5.41) is 13.6. The maximum Gasteiger partial charge on any atom is 0.453 e. The summed E-state index contributed by atoms with van der Waals surface area (Å²) in [4.78, 5) is 0. The Morgan fingerprint density at radius 1 is 0.967 bits per heavy atom. The number of alkyl halides is 3. The monoisotopic (exact) mass is 446 g/mol. The molecule has 0 bridgehead atoms. The van der Waals surface area contributed by atoms with Crippen molar-refractivity contribution in [2.45, 2.75) is 17.1 Å². The number of aromatic nitrogens is 3. The number of hydrogen-bond donors (Lipinski definition) is 0. The highest BCUT2D eigenvalue weighted by Crippen LogP contribution is 2.31. The second kappa shape index (κ2) is 8.49. The minimum absolute atomic E-state index is 0.0498. The van der Waals surface area contributed by atoms with Crippen LogP contribution in [0.2, 0.25) is 5.02 Å². The molecule has 30 heavy (non-hydrogen) atoms. The Labute approximate surface area is 179 Å². The minimum Gasteiger partial charge on any atom is -0.183 e. The number of nitrogens with zero attached hydrogens (tertiary/aromatic N) is 4. The Hall–Kier alpha value is -2.84. The van der Waals surface area contributed by atoms with Crippen LogP contribution in [0.5, 0.6) is 0 Å². The summed E-state index contributed by atoms with van der Waals surface area (Å²) in [5.41, 5.74) is 1.59. The molecule has 0 saturated carbocycles. The van der Waals surface area contributed by atoms with Gasteiger partial charge in [-0.05, 0) is 28.5 Å². The fourth-order valence-electron chi connectivity index (χ4n) is 2.85. The van der Waals surface area contributed by atoms with Crippen molar-refractivity contribution in [3.05, 3.63) is 88.7 Å². The molecule has 0 unspecified atom stereocenters. The topological polar surface area (TPSA) is 43.1 Å². The van der Waals surface area contributed by atoms with Crippen LogP contribution in [0.15, 0.2) is 77.0 Å². The number of hydrogen-bond acceptors (Lipinski definition) is 4. The first kappa shape index (κ1) is 20.4. The van der Waals surface area contributed by atoms with Gasteiger partial charge in [-0.25, -0.2) is 0 Å². The maximum absolute atomic E-state index is 13.4. The smallest absolute Gasteiger partial charge is 0.183 e. The van der Waals surface area contributed by atoms with Crippen molar-refractivity contribution in [1.82, 2.24) is 14.9 Å². The average molecular weight is 447 g/mol. The number of fused-ring (bicyclic) bond motifs is 1. The summed E-state index contributed by atoms with van der Waals surface area (Å²) < 4.78 is 41.0. The van der Waals surface area contributed by atoms with Gasteiger partial charge in [0.1, 0.15) is 0 Å². The van der Waals surface area contributed by atoms with Crippen molar-refractivity contribution in [1.29, 1.82) is 0 Å². The molecule has 0 aliphatic heterocycles. The summed E-state index contributed by atoms with van der Waals surface area (Å²) in [5.74, 6) is -0.769. The van der Waals surface area contributed by atoms with Crippen molar-refractivity contribution in [3.8, 4) is 0 Å². The van der Waals surface area contributed by atoms with Crippen LogP contribution in [-0.4, -0.2) is 21.1 Å². The fourth-order valence-corrected chi connectivity index (χ4v) is 3.82. The van der Waals surface area contributed by atoms with E-state index in [1.807, 2.05) is 36.4 Å². The second-order valence-electron chi connectivity index (χ2n) is 6.34. The predicted octanol–water partition coefficient (Wildman–Crippen LogP) is 6.28. The van der Waals surface area contributed by atoms with E-state index in [4.69, 9.17) is 11.6 Å². The first-order valence-electron chi connectivity index (χ1n) is 8.84. The van der Waals surface area contributed by atoms with Gasteiger partial charge in [-0.2, -0.15) is 22.9 Å². The third-order valence-corrected chi connectivity index (χ3v) is 5.52. The standard InChI is InChI=1S/C21H14ClF3N4S/c22-17-10-8-14(9-11-17)13-30-20-28-27-19(21(23,24)25)29(20)26-12-16-6-3-5-15-4-1-2-7-18(15)16/h1-12H,13H2/b26-12+. The zero-order chi connectivity index (χ0) is 21.1. The molecule has 4 aromatic rings. The van der Waals surface area contributed by atoms with E-state index in [9.17, 15) is 13.2 Å². The van der Waals surface area contributed by atoms with Gasteiger partial charge in [0.15, 0.2) is 0 Å². The van der Waals surface area contributed by atoms with Gasteiger partial charge in [-0.3, -0.25) is 0 Å². The van der Waals surface area contributed by atoms with Crippen molar-refractivity contribution < 1.29 is 13.2 Å². The number of benzene rings is 3. The minimum atomic E-state index is -4.68. The third-order valence-electron chi connectivity index (χ3n) is 4.28. The van der Waals surface area contributed by atoms with E-state index < -0.39 is 12.0 Å². The van der Waals surface area contributed by atoms with Gasteiger partial charge in [0.2, 0.25) is 5.16 Å². The van der Waals surface area contributed by atoms with Crippen molar-refractivity contribution in [2.75, 3.05) is 0 Å².